The van der Waals surface area contributed by atoms with Crippen molar-refractivity contribution in [2.24, 2.45) is 0 Å². The van der Waals surface area contributed by atoms with E-state index in [2.05, 4.69) is 28.2 Å². The first kappa shape index (κ1) is 96.7. The molecule has 44 nitrogen and oxygen atoms in total. The average Bonchev–Trinajstić information content (AvgIpc) is 0.744. The minimum atomic E-state index is -3.83. The number of aliphatic hydroxyl groups is 18. The Morgan fingerprint density at radius 2 is 0.982 bits per heavy atom. The highest BCUT2D eigenvalue weighted by Crippen LogP contribution is 2.43. The number of aliphatic carboxylic acids is 2. The fourth-order valence-electron chi connectivity index (χ4n) is 14.4. The van der Waals surface area contributed by atoms with Gasteiger partial charge in [0.1, 0.15) is 140 Å². The van der Waals surface area contributed by atoms with Crippen molar-refractivity contribution in [3.05, 3.63) is 12.2 Å². The van der Waals surface area contributed by atoms with E-state index in [4.69, 9.17) is 61.6 Å². The molecule has 34 atom stereocenters. The second-order valence-corrected chi connectivity index (χ2v) is 28.8. The van der Waals surface area contributed by atoms with E-state index in [0.29, 0.717) is 6.42 Å². The lowest BCUT2D eigenvalue weighted by molar-refractivity contribution is -0.423. The number of hydrogen-bond donors (Lipinski definition) is 22. The summed E-state index contributed by atoms with van der Waals surface area (Å²) in [4.78, 5) is 90.5. The number of unbranched alkanes of at least 4 members (excludes halogenated alkanes) is 11. The molecule has 22 N–H and O–H groups in total. The first-order valence-corrected chi connectivity index (χ1v) is 37.6. The first-order chi connectivity index (χ1) is 53.6. The summed E-state index contributed by atoms with van der Waals surface area (Å²) in [7, 11) is 0. The number of amides is 4. The van der Waals surface area contributed by atoms with E-state index in [-0.39, 0.29) is 6.41 Å². The summed E-state index contributed by atoms with van der Waals surface area (Å²) in [5.74, 6) is -16.8. The highest BCUT2D eigenvalue weighted by Gasteiger charge is 2.62. The quantitative estimate of drug-likeness (QED) is 0.0116. The van der Waals surface area contributed by atoms with E-state index in [1.165, 1.54) is 44.6 Å². The van der Waals surface area contributed by atoms with Gasteiger partial charge < -0.3 is 195 Å². The van der Waals surface area contributed by atoms with Gasteiger partial charge in [0, 0.05) is 40.5 Å². The van der Waals surface area contributed by atoms with Crippen molar-refractivity contribution in [2.45, 2.75) is 332 Å². The van der Waals surface area contributed by atoms with Gasteiger partial charge in [-0.05, 0) is 12.8 Å². The van der Waals surface area contributed by atoms with E-state index in [9.17, 15) is 136 Å². The molecule has 0 aromatic carbocycles. The van der Waals surface area contributed by atoms with Gasteiger partial charge >= 0.3 is 5.97 Å². The van der Waals surface area contributed by atoms with Gasteiger partial charge in [-0.25, -0.2) is 0 Å². The molecule has 6 saturated heterocycles. The molecule has 113 heavy (non-hydrogen) atoms. The van der Waals surface area contributed by atoms with Crippen LogP contribution in [0, 0.1) is 0 Å². The fourth-order valence-corrected chi connectivity index (χ4v) is 14.4. The largest absolute Gasteiger partial charge is 0.544 e. The molecule has 0 aromatic heterocycles. The molecule has 4 amide bonds. The number of nitrogens with one attached hydrogen (secondary N) is 4. The minimum Gasteiger partial charge on any atom is -0.544 e. The Morgan fingerprint density at radius 1 is 0.513 bits per heavy atom. The predicted molar refractivity (Wildman–Crippen MR) is 366 cm³/mol. The van der Waals surface area contributed by atoms with Gasteiger partial charge in [0.25, 0.3) is 0 Å². The molecule has 6 aliphatic rings. The van der Waals surface area contributed by atoms with Gasteiger partial charge in [-0.2, -0.15) is 0 Å². The van der Waals surface area contributed by atoms with Crippen LogP contribution in [0.3, 0.4) is 0 Å². The van der Waals surface area contributed by atoms with E-state index in [1.54, 1.807) is 6.08 Å². The van der Waals surface area contributed by atoms with Crippen LogP contribution in [0.25, 0.3) is 0 Å². The van der Waals surface area contributed by atoms with Gasteiger partial charge in [-0.1, -0.05) is 83.3 Å². The SMILES string of the molecule is CCCCCCCCCCCCC/C=C/[C@@H](O)[C@H](CO[C@@H]1O[C@H](CO)[C@@H](O[C@@H]2O[C@H](CO)[C@H](O[C@@H]3O[C@H](CO)[C@H](O)[C@H](O[C@@H]4O[C@H](CO)[C@H](O)[C@H](O)[C@H]4O)[C@H]3NC(C)=O)[C@H](O[C@]3(C(=O)[O-])C[C@H](O)[C@@H](NC(C)=O)[C@H]([C@H](O)[C@@H](CO)O[C@]4(C(=O)[O-])C[C@H](O)[C@@H](NC(C)=O)[C@H]([C@H](OC(C)=O)[C@H](O)CO)O4)O3)[C@H]2O)[C@H](O)[C@H]1O)NC=O. The molecule has 652 valence electrons. The maximum absolute atomic E-state index is 14.2. The predicted octanol–water partition coefficient (Wildman–Crippen LogP) is -12.6. The van der Waals surface area contributed by atoms with Crippen LogP contribution in [-0.2, 0) is 95.1 Å². The number of aliphatic hydroxyl groups excluding tert-OH is 18. The molecule has 0 spiro atoms. The van der Waals surface area contributed by atoms with Gasteiger partial charge in [-0.15, -0.1) is 0 Å². The summed E-state index contributed by atoms with van der Waals surface area (Å²) in [6.45, 7) is -2.74. The smallest absolute Gasteiger partial charge is 0.303 e. The Bertz CT molecular complexity index is 2970. The van der Waals surface area contributed by atoms with E-state index in [1.807, 2.05) is 0 Å². The van der Waals surface area contributed by atoms with Crippen LogP contribution in [0.4, 0.5) is 0 Å². The van der Waals surface area contributed by atoms with Crippen molar-refractivity contribution in [3.8, 4) is 0 Å². The lowest BCUT2D eigenvalue weighted by Crippen LogP contribution is -2.74. The van der Waals surface area contributed by atoms with Crippen LogP contribution in [0.1, 0.15) is 125 Å². The molecule has 44 heteroatoms. The number of carbonyl (C=O) groups is 7. The van der Waals surface area contributed by atoms with Crippen LogP contribution in [0.15, 0.2) is 12.2 Å². The topological polar surface area (TPSA) is 698 Å². The molecule has 0 bridgehead atoms. The Morgan fingerprint density at radius 3 is 1.51 bits per heavy atom. The Kier molecular flexibility index (Phi) is 39.1. The highest BCUT2D eigenvalue weighted by atomic mass is 16.8. The standard InChI is InChI=1S/C69H116N4O40/c1-6-7-8-9-10-11-12-13-14-15-16-17-18-19-35(85)34(70-29-80)28-101-63-53(95)51(93)56(42(26-78)105-63)107-65-54(96)61(57(43(27-79)106-65)108-62-46(73-32(4)83)58(48(90)40(24-76)103-62)109-64-52(94)50(92)47(89)39(23-75)104-64)113-69(67(99)100)21-36(86)44(71-30(2)81)59(111-69)49(91)41(25-77)110-68(66(97)98)20-37(87)45(72-31(3)82)60(112-68)55(38(88)22-74)102-33(5)84/h18-19,29,34-65,74-79,85-96H,6-17,20-28H2,1-5H3,(H,70,80)(H,71,81)(H,72,82)(H,73,83)(H,97,98)(H,99,100)/p-2/b19-18+/t34-,35+,36-,37-,38+,39+,40+,41+,42+,43+,44+,45+,46+,47-,48-,49+,50-,51+,52+,53+,54+,55+,56+,57-,58+,59+,60+,61+,62-,63+,64-,65-,68+,69-/m0/s1. The minimum absolute atomic E-state index is 0.258. The normalized spacial score (nSPS) is 37.9. The van der Waals surface area contributed by atoms with Gasteiger partial charge in [0.15, 0.2) is 31.3 Å². The fraction of sp³-hybridized carbons (Fsp3) is 0.870. The van der Waals surface area contributed by atoms with Crippen molar-refractivity contribution < 1.29 is 197 Å². The zero-order valence-electron chi connectivity index (χ0n) is 63.1. The van der Waals surface area contributed by atoms with Crippen molar-refractivity contribution >= 4 is 42.0 Å². The highest BCUT2D eigenvalue weighted by molar-refractivity contribution is 5.76. The number of carbonyl (C=O) groups excluding carboxylic acids is 7. The number of allylic oxidation sites excluding steroid dienone is 1. The molecule has 0 aromatic rings. The van der Waals surface area contributed by atoms with Crippen LogP contribution in [0.2, 0.25) is 0 Å². The van der Waals surface area contributed by atoms with E-state index < -0.39 is 302 Å². The number of carboxylic acids is 2. The van der Waals surface area contributed by atoms with Crippen LogP contribution < -0.4 is 31.5 Å². The number of esters is 1. The number of ether oxygens (including phenoxy) is 13. The van der Waals surface area contributed by atoms with Crippen LogP contribution in [-0.4, -0.2) is 388 Å². The molecule has 0 radical (unpaired) electrons. The summed E-state index contributed by atoms with van der Waals surface area (Å²) in [6, 6.07) is -7.30. The summed E-state index contributed by atoms with van der Waals surface area (Å²) in [5, 5.41) is 239. The molecule has 0 saturated carbocycles. The molecule has 6 heterocycles. The first-order valence-electron chi connectivity index (χ1n) is 37.6. The second kappa shape index (κ2) is 45.7. The summed E-state index contributed by atoms with van der Waals surface area (Å²) in [6.07, 6.45) is -49.7. The van der Waals surface area contributed by atoms with Crippen LogP contribution >= 0.6 is 0 Å². The number of rotatable bonds is 45. The summed E-state index contributed by atoms with van der Waals surface area (Å²) < 4.78 is 76.1. The van der Waals surface area contributed by atoms with Crippen molar-refractivity contribution in [1.29, 1.82) is 0 Å². The number of hydrogen-bond acceptors (Lipinski definition) is 40. The second-order valence-electron chi connectivity index (χ2n) is 28.8. The monoisotopic (exact) mass is 1640 g/mol. The maximum atomic E-state index is 14.2. The van der Waals surface area contributed by atoms with Gasteiger partial charge in [0.05, 0.1) is 82.7 Å². The van der Waals surface area contributed by atoms with Crippen molar-refractivity contribution in [1.82, 2.24) is 21.3 Å². The zero-order valence-corrected chi connectivity index (χ0v) is 63.1. The third kappa shape index (κ3) is 25.2. The lowest BCUT2D eigenvalue weighted by atomic mass is 9.87. The zero-order chi connectivity index (χ0) is 83.9. The molecule has 6 rings (SSSR count). The Balaban J connectivity index is 1.38. The van der Waals surface area contributed by atoms with Gasteiger partial charge in [-0.3, -0.25) is 24.0 Å². The number of carboxylic acid groups (broad SMARTS) is 2. The lowest BCUT2D eigenvalue weighted by Gasteiger charge is -2.54. The molecule has 6 aliphatic heterocycles. The molecule has 0 aliphatic carbocycles. The van der Waals surface area contributed by atoms with Crippen molar-refractivity contribution in [2.75, 3.05) is 46.2 Å². The summed E-state index contributed by atoms with van der Waals surface area (Å²) >= 11 is 0. The van der Waals surface area contributed by atoms with Crippen molar-refractivity contribution in [3.63, 3.8) is 0 Å². The Labute approximate surface area is 649 Å². The van der Waals surface area contributed by atoms with Crippen LogP contribution in [0.5, 0.6) is 0 Å². The molecular formula is C69H114N4O40-2. The van der Waals surface area contributed by atoms with E-state index in [0.717, 1.165) is 59.8 Å². The maximum Gasteiger partial charge on any atom is 0.303 e. The van der Waals surface area contributed by atoms with E-state index >= 15 is 0 Å². The van der Waals surface area contributed by atoms with Gasteiger partial charge in [0.2, 0.25) is 35.7 Å². The average molecular weight is 1640 g/mol. The third-order valence-electron chi connectivity index (χ3n) is 20.3. The molecular weight excluding hydrogens is 1520 g/mol. The third-order valence-corrected chi connectivity index (χ3v) is 20.3. The molecule has 0 unspecified atom stereocenters. The molecule has 6 fully saturated rings. The summed E-state index contributed by atoms with van der Waals surface area (Å²) in [5.41, 5.74) is 0. The Hall–Kier alpha value is -5.17.